The lowest BCUT2D eigenvalue weighted by molar-refractivity contribution is -0.158. The lowest BCUT2D eigenvalue weighted by atomic mass is 10.0. The number of halogens is 1. The average Bonchev–Trinajstić information content (AvgIpc) is 3.21. The summed E-state index contributed by atoms with van der Waals surface area (Å²) in [6, 6.07) is -0.552. The van der Waals surface area contributed by atoms with E-state index in [1.807, 2.05) is 33.8 Å². The second-order valence-electron chi connectivity index (χ2n) is 8.26. The van der Waals surface area contributed by atoms with E-state index >= 15 is 0 Å². The van der Waals surface area contributed by atoms with Gasteiger partial charge in [0.15, 0.2) is 5.82 Å². The predicted octanol–water partition coefficient (Wildman–Crippen LogP) is 2.85. The van der Waals surface area contributed by atoms with Crippen LogP contribution in [0, 0.1) is 0 Å². The molecule has 2 atom stereocenters. The van der Waals surface area contributed by atoms with Crippen molar-refractivity contribution in [3.05, 3.63) is 32.4 Å². The molecule has 0 saturated heterocycles. The predicted molar refractivity (Wildman–Crippen MR) is 106 cm³/mol. The first-order valence-electron chi connectivity index (χ1n) is 9.38. The highest BCUT2D eigenvalue weighted by molar-refractivity contribution is 9.10. The van der Waals surface area contributed by atoms with Crippen LogP contribution in [0.1, 0.15) is 64.0 Å². The molecule has 150 valence electrons. The van der Waals surface area contributed by atoms with E-state index < -0.39 is 11.6 Å². The van der Waals surface area contributed by atoms with Crippen molar-refractivity contribution in [3.63, 3.8) is 0 Å². The molecular formula is C19H23BrN4O4. The van der Waals surface area contributed by atoms with Gasteiger partial charge in [0.05, 0.1) is 13.2 Å². The van der Waals surface area contributed by atoms with Crippen molar-refractivity contribution in [1.82, 2.24) is 19.2 Å². The van der Waals surface area contributed by atoms with Crippen molar-refractivity contribution in [1.29, 1.82) is 0 Å². The van der Waals surface area contributed by atoms with E-state index in [1.54, 1.807) is 4.57 Å². The first kappa shape index (κ1) is 19.3. The molecule has 0 amide bonds. The van der Waals surface area contributed by atoms with E-state index in [0.717, 1.165) is 11.3 Å². The fourth-order valence-electron chi connectivity index (χ4n) is 3.76. The fraction of sp³-hybridized carbons (Fsp3) is 0.579. The zero-order valence-electron chi connectivity index (χ0n) is 16.4. The molecule has 2 aliphatic rings. The molecule has 0 aromatic carbocycles. The summed E-state index contributed by atoms with van der Waals surface area (Å²) in [4.78, 5) is 30.4. The maximum Gasteiger partial charge on any atom is 0.329 e. The summed E-state index contributed by atoms with van der Waals surface area (Å²) >= 11 is 3.43. The summed E-state index contributed by atoms with van der Waals surface area (Å²) in [7, 11) is 0. The molecule has 0 saturated carbocycles. The van der Waals surface area contributed by atoms with Gasteiger partial charge in [0, 0.05) is 11.6 Å². The fourth-order valence-corrected chi connectivity index (χ4v) is 4.51. The molecule has 28 heavy (non-hydrogen) atoms. The molecule has 0 fully saturated rings. The van der Waals surface area contributed by atoms with Crippen molar-refractivity contribution in [2.45, 2.75) is 58.1 Å². The molecular weight excluding hydrogens is 428 g/mol. The first-order valence-corrected chi connectivity index (χ1v) is 10.2. The lowest BCUT2D eigenvalue weighted by Gasteiger charge is -2.23. The summed E-state index contributed by atoms with van der Waals surface area (Å²) < 4.78 is 14.5. The van der Waals surface area contributed by atoms with Crippen LogP contribution in [0.15, 0.2) is 15.3 Å². The number of ether oxygens (including phenoxy) is 2. The Balaban J connectivity index is 1.90. The first-order chi connectivity index (χ1) is 13.2. The second-order valence-corrected chi connectivity index (χ2v) is 9.05. The normalized spacial score (nSPS) is 22.2. The van der Waals surface area contributed by atoms with Crippen molar-refractivity contribution in [3.8, 4) is 0 Å². The van der Waals surface area contributed by atoms with E-state index in [0.29, 0.717) is 42.1 Å². The monoisotopic (exact) mass is 450 g/mol. The summed E-state index contributed by atoms with van der Waals surface area (Å²) in [5.41, 5.74) is 0.832. The molecule has 0 unspecified atom stereocenters. The van der Waals surface area contributed by atoms with E-state index in [2.05, 4.69) is 26.0 Å². The molecule has 0 N–H and O–H groups in total. The highest BCUT2D eigenvalue weighted by Crippen LogP contribution is 2.40. The second kappa shape index (κ2) is 6.81. The van der Waals surface area contributed by atoms with Crippen molar-refractivity contribution < 1.29 is 14.3 Å². The van der Waals surface area contributed by atoms with Crippen LogP contribution in [-0.2, 0) is 14.3 Å². The van der Waals surface area contributed by atoms with Gasteiger partial charge in [-0.3, -0.25) is 9.36 Å². The number of rotatable bonds is 2. The molecule has 4 rings (SSSR count). The maximum atomic E-state index is 12.9. The topological polar surface area (TPSA) is 87.7 Å². The zero-order valence-corrected chi connectivity index (χ0v) is 17.9. The largest absolute Gasteiger partial charge is 0.458 e. The Kier molecular flexibility index (Phi) is 4.70. The molecule has 2 aromatic rings. The molecule has 9 heteroatoms. The SMILES string of the molecule is C[C@@H]1C[C@H](C(=O)OC(C)(C)C)n2c1c(Br)c(=O)n1nc(C3=CCOCC3)nc21. The third-order valence-electron chi connectivity index (χ3n) is 4.95. The summed E-state index contributed by atoms with van der Waals surface area (Å²) in [6.07, 6.45) is 3.16. The standard InChI is InChI=1S/C19H23BrN4O4/c1-10-9-12(17(26)28-19(2,3)4)23-14(10)13(20)16(25)24-18(23)21-15(22-24)11-5-7-27-8-6-11/h5,10,12H,6-9H2,1-4H3/t10-,12-/m1/s1. The van der Waals surface area contributed by atoms with Gasteiger partial charge in [-0.25, -0.2) is 4.79 Å². The zero-order chi connectivity index (χ0) is 20.2. The molecule has 0 aliphatic carbocycles. The maximum absolute atomic E-state index is 12.9. The third-order valence-corrected chi connectivity index (χ3v) is 5.70. The molecule has 2 aromatic heterocycles. The molecule has 0 spiro atoms. The van der Waals surface area contributed by atoms with Gasteiger partial charge in [0.1, 0.15) is 16.1 Å². The van der Waals surface area contributed by atoms with Gasteiger partial charge in [-0.1, -0.05) is 13.0 Å². The Bertz CT molecular complexity index is 1050. The highest BCUT2D eigenvalue weighted by Gasteiger charge is 2.39. The van der Waals surface area contributed by atoms with E-state index in [-0.39, 0.29) is 17.4 Å². The smallest absolute Gasteiger partial charge is 0.329 e. The van der Waals surface area contributed by atoms with Crippen molar-refractivity contribution >= 4 is 33.3 Å². The Hall–Kier alpha value is -2.00. The third kappa shape index (κ3) is 3.20. The van der Waals surface area contributed by atoms with Crippen LogP contribution in [0.2, 0.25) is 0 Å². The van der Waals surface area contributed by atoms with Crippen LogP contribution in [-0.4, -0.2) is 43.9 Å². The van der Waals surface area contributed by atoms with Gasteiger partial charge >= 0.3 is 5.97 Å². The Labute approximate surface area is 170 Å². The van der Waals surface area contributed by atoms with Gasteiger partial charge in [-0.15, -0.1) is 5.10 Å². The summed E-state index contributed by atoms with van der Waals surface area (Å²) in [5, 5.41) is 4.43. The molecule has 0 radical (unpaired) electrons. The minimum absolute atomic E-state index is 0.00652. The summed E-state index contributed by atoms with van der Waals surface area (Å²) in [6.45, 7) is 8.62. The molecule has 2 aliphatic heterocycles. The van der Waals surface area contributed by atoms with Gasteiger partial charge in [-0.05, 0) is 55.1 Å². The van der Waals surface area contributed by atoms with Crippen molar-refractivity contribution in [2.75, 3.05) is 13.2 Å². The minimum Gasteiger partial charge on any atom is -0.458 e. The Morgan fingerprint density at radius 2 is 2.14 bits per heavy atom. The Morgan fingerprint density at radius 1 is 1.39 bits per heavy atom. The van der Waals surface area contributed by atoms with E-state index in [1.165, 1.54) is 4.52 Å². The number of fused-ring (bicyclic) bond motifs is 3. The lowest BCUT2D eigenvalue weighted by Crippen LogP contribution is -2.31. The van der Waals surface area contributed by atoms with Crippen LogP contribution < -0.4 is 5.56 Å². The molecule has 8 nitrogen and oxygen atoms in total. The number of hydrogen-bond acceptors (Lipinski definition) is 6. The van der Waals surface area contributed by atoms with E-state index in [4.69, 9.17) is 9.47 Å². The number of esters is 1. The minimum atomic E-state index is -0.596. The van der Waals surface area contributed by atoms with Crippen molar-refractivity contribution in [2.24, 2.45) is 0 Å². The quantitative estimate of drug-likeness (QED) is 0.653. The van der Waals surface area contributed by atoms with Crippen LogP contribution in [0.4, 0.5) is 0 Å². The van der Waals surface area contributed by atoms with Gasteiger partial charge < -0.3 is 9.47 Å². The molecule has 0 bridgehead atoms. The number of carbonyl (C=O) groups excluding carboxylic acids is 1. The van der Waals surface area contributed by atoms with Gasteiger partial charge in [-0.2, -0.15) is 9.50 Å². The van der Waals surface area contributed by atoms with Gasteiger partial charge in [0.2, 0.25) is 5.78 Å². The average molecular weight is 451 g/mol. The van der Waals surface area contributed by atoms with Gasteiger partial charge in [0.25, 0.3) is 5.56 Å². The number of carbonyl (C=O) groups is 1. The van der Waals surface area contributed by atoms with Crippen LogP contribution in [0.5, 0.6) is 0 Å². The number of nitrogens with zero attached hydrogens (tertiary/aromatic N) is 4. The van der Waals surface area contributed by atoms with Crippen LogP contribution >= 0.6 is 15.9 Å². The highest BCUT2D eigenvalue weighted by atomic mass is 79.9. The number of hydrogen-bond donors (Lipinski definition) is 0. The van der Waals surface area contributed by atoms with Crippen LogP contribution in [0.3, 0.4) is 0 Å². The number of aromatic nitrogens is 4. The van der Waals surface area contributed by atoms with Crippen LogP contribution in [0.25, 0.3) is 11.4 Å². The Morgan fingerprint density at radius 3 is 2.79 bits per heavy atom. The van der Waals surface area contributed by atoms with E-state index in [9.17, 15) is 9.59 Å². The summed E-state index contributed by atoms with van der Waals surface area (Å²) in [5.74, 6) is 0.541. The molecule has 4 heterocycles.